The second-order valence-corrected chi connectivity index (χ2v) is 4.32. The Kier molecular flexibility index (Phi) is 5.63. The molecule has 0 bridgehead atoms. The Morgan fingerprint density at radius 1 is 1.47 bits per heavy atom. The van der Waals surface area contributed by atoms with Gasteiger partial charge in [0.25, 0.3) is 0 Å². The van der Waals surface area contributed by atoms with Gasteiger partial charge in [-0.1, -0.05) is 13.3 Å². The number of amides is 1. The number of carbonyl (C=O) groups is 1. The first kappa shape index (κ1) is 13.6. The molecule has 17 heavy (non-hydrogen) atoms. The lowest BCUT2D eigenvalue weighted by molar-refractivity contribution is -0.122. The van der Waals surface area contributed by atoms with Gasteiger partial charge in [-0.05, 0) is 31.0 Å². The molecule has 4 heteroatoms. The lowest BCUT2D eigenvalue weighted by Crippen LogP contribution is -2.33. The summed E-state index contributed by atoms with van der Waals surface area (Å²) in [6, 6.07) is 3.76. The maximum Gasteiger partial charge on any atom is 0.222 e. The second-order valence-electron chi connectivity index (χ2n) is 4.32. The first-order chi connectivity index (χ1) is 8.13. The van der Waals surface area contributed by atoms with Crippen LogP contribution in [0.3, 0.4) is 0 Å². The molecule has 1 amide bonds. The van der Waals surface area contributed by atoms with Gasteiger partial charge in [0.05, 0.1) is 6.04 Å². The highest BCUT2D eigenvalue weighted by molar-refractivity contribution is 5.77. The minimum atomic E-state index is -0.0374. The SMILES string of the molecule is CCCC(N)CC(=O)N[C@H](C)c1ccncc1. The van der Waals surface area contributed by atoms with Gasteiger partial charge in [-0.3, -0.25) is 9.78 Å². The molecule has 0 radical (unpaired) electrons. The van der Waals surface area contributed by atoms with Crippen LogP contribution in [0.2, 0.25) is 0 Å². The van der Waals surface area contributed by atoms with Gasteiger partial charge < -0.3 is 11.1 Å². The molecule has 0 aromatic carbocycles. The fraction of sp³-hybridized carbons (Fsp3) is 0.538. The third kappa shape index (κ3) is 4.95. The van der Waals surface area contributed by atoms with Crippen LogP contribution in [0.5, 0.6) is 0 Å². The third-order valence-corrected chi connectivity index (χ3v) is 2.69. The maximum absolute atomic E-state index is 11.7. The zero-order chi connectivity index (χ0) is 12.7. The molecular weight excluding hydrogens is 214 g/mol. The van der Waals surface area contributed by atoms with Crippen LogP contribution in [-0.4, -0.2) is 16.9 Å². The van der Waals surface area contributed by atoms with Crippen molar-refractivity contribution >= 4 is 5.91 Å². The summed E-state index contributed by atoms with van der Waals surface area (Å²) in [5, 5.41) is 2.94. The largest absolute Gasteiger partial charge is 0.350 e. The number of aromatic nitrogens is 1. The van der Waals surface area contributed by atoms with Crippen LogP contribution < -0.4 is 11.1 Å². The Morgan fingerprint density at radius 2 is 2.12 bits per heavy atom. The van der Waals surface area contributed by atoms with Gasteiger partial charge in [0.15, 0.2) is 0 Å². The molecular formula is C13H21N3O. The molecule has 1 rings (SSSR count). The lowest BCUT2D eigenvalue weighted by atomic mass is 10.1. The van der Waals surface area contributed by atoms with E-state index < -0.39 is 0 Å². The van der Waals surface area contributed by atoms with Crippen LogP contribution in [0.25, 0.3) is 0 Å². The molecule has 0 saturated heterocycles. The van der Waals surface area contributed by atoms with Crippen LogP contribution in [0, 0.1) is 0 Å². The molecule has 94 valence electrons. The normalized spacial score (nSPS) is 14.1. The Balaban J connectivity index is 2.41. The highest BCUT2D eigenvalue weighted by Crippen LogP contribution is 2.10. The molecule has 1 unspecified atom stereocenters. The van der Waals surface area contributed by atoms with Crippen LogP contribution in [0.1, 0.15) is 44.7 Å². The number of carbonyl (C=O) groups excluding carboxylic acids is 1. The zero-order valence-corrected chi connectivity index (χ0v) is 10.5. The number of nitrogens with one attached hydrogen (secondary N) is 1. The third-order valence-electron chi connectivity index (χ3n) is 2.69. The summed E-state index contributed by atoms with van der Waals surface area (Å²) in [5.41, 5.74) is 6.88. The number of rotatable bonds is 6. The van der Waals surface area contributed by atoms with Crippen molar-refractivity contribution in [1.82, 2.24) is 10.3 Å². The van der Waals surface area contributed by atoms with Crippen molar-refractivity contribution in [3.05, 3.63) is 30.1 Å². The van der Waals surface area contributed by atoms with Crippen molar-refractivity contribution in [2.75, 3.05) is 0 Å². The smallest absolute Gasteiger partial charge is 0.222 e. The Bertz CT molecular complexity index is 340. The minimum absolute atomic E-state index is 0.000624. The number of nitrogens with two attached hydrogens (primary N) is 1. The van der Waals surface area contributed by atoms with E-state index in [-0.39, 0.29) is 18.0 Å². The first-order valence-electron chi connectivity index (χ1n) is 6.08. The fourth-order valence-electron chi connectivity index (χ4n) is 1.75. The molecule has 1 aromatic heterocycles. The van der Waals surface area contributed by atoms with Crippen LogP contribution in [0.4, 0.5) is 0 Å². The molecule has 2 atom stereocenters. The summed E-state index contributed by atoms with van der Waals surface area (Å²) in [7, 11) is 0. The standard InChI is InChI=1S/C13H21N3O/c1-3-4-12(14)9-13(17)16-10(2)11-5-7-15-8-6-11/h5-8,10,12H,3-4,9,14H2,1-2H3,(H,16,17)/t10-,12?/m1/s1. The second kappa shape index (κ2) is 7.01. The van der Waals surface area contributed by atoms with Crippen molar-refractivity contribution in [2.24, 2.45) is 5.73 Å². The van der Waals surface area contributed by atoms with Gasteiger partial charge in [0, 0.05) is 24.9 Å². The summed E-state index contributed by atoms with van der Waals surface area (Å²) < 4.78 is 0. The summed E-state index contributed by atoms with van der Waals surface area (Å²) in [4.78, 5) is 15.7. The Morgan fingerprint density at radius 3 is 2.71 bits per heavy atom. The topological polar surface area (TPSA) is 68.0 Å². The molecule has 0 spiro atoms. The number of nitrogens with zero attached hydrogens (tertiary/aromatic N) is 1. The van der Waals surface area contributed by atoms with E-state index in [1.54, 1.807) is 12.4 Å². The summed E-state index contributed by atoms with van der Waals surface area (Å²) in [5.74, 6) is 0.00950. The molecule has 1 aromatic rings. The van der Waals surface area contributed by atoms with Gasteiger partial charge in [0.2, 0.25) is 5.91 Å². The molecule has 0 aliphatic rings. The van der Waals surface area contributed by atoms with Crippen molar-refractivity contribution in [2.45, 2.75) is 45.2 Å². The number of pyridine rings is 1. The molecule has 1 heterocycles. The first-order valence-corrected chi connectivity index (χ1v) is 6.08. The summed E-state index contributed by atoms with van der Waals surface area (Å²) >= 11 is 0. The van der Waals surface area contributed by atoms with Gasteiger partial charge in [-0.25, -0.2) is 0 Å². The van der Waals surface area contributed by atoms with E-state index in [1.165, 1.54) is 0 Å². The number of hydrogen-bond acceptors (Lipinski definition) is 3. The van der Waals surface area contributed by atoms with E-state index in [1.807, 2.05) is 19.1 Å². The summed E-state index contributed by atoms with van der Waals surface area (Å²) in [6.45, 7) is 4.02. The van der Waals surface area contributed by atoms with E-state index in [2.05, 4.69) is 17.2 Å². The van der Waals surface area contributed by atoms with Crippen LogP contribution in [0.15, 0.2) is 24.5 Å². The molecule has 4 nitrogen and oxygen atoms in total. The average molecular weight is 235 g/mol. The van der Waals surface area contributed by atoms with Crippen molar-refractivity contribution < 1.29 is 4.79 Å². The molecule has 0 aliphatic heterocycles. The van der Waals surface area contributed by atoms with Gasteiger partial charge in [-0.2, -0.15) is 0 Å². The average Bonchev–Trinajstić information content (AvgIpc) is 2.30. The van der Waals surface area contributed by atoms with E-state index in [9.17, 15) is 4.79 Å². The monoisotopic (exact) mass is 235 g/mol. The predicted molar refractivity (Wildman–Crippen MR) is 68.3 cm³/mol. The van der Waals surface area contributed by atoms with Crippen molar-refractivity contribution in [3.8, 4) is 0 Å². The molecule has 0 fully saturated rings. The lowest BCUT2D eigenvalue weighted by Gasteiger charge is -2.16. The maximum atomic E-state index is 11.7. The molecule has 0 aliphatic carbocycles. The van der Waals surface area contributed by atoms with Crippen LogP contribution >= 0.6 is 0 Å². The Labute approximate surface area is 103 Å². The van der Waals surface area contributed by atoms with Gasteiger partial charge in [0.1, 0.15) is 0 Å². The van der Waals surface area contributed by atoms with Crippen molar-refractivity contribution in [3.63, 3.8) is 0 Å². The Hall–Kier alpha value is -1.42. The highest BCUT2D eigenvalue weighted by Gasteiger charge is 2.12. The van der Waals surface area contributed by atoms with Crippen molar-refractivity contribution in [1.29, 1.82) is 0 Å². The van der Waals surface area contributed by atoms with Crippen LogP contribution in [-0.2, 0) is 4.79 Å². The summed E-state index contributed by atoms with van der Waals surface area (Å²) in [6.07, 6.45) is 5.73. The predicted octanol–water partition coefficient (Wildman–Crippen LogP) is 1.78. The molecule has 0 saturated carbocycles. The van der Waals surface area contributed by atoms with E-state index >= 15 is 0 Å². The van der Waals surface area contributed by atoms with E-state index in [0.29, 0.717) is 6.42 Å². The highest BCUT2D eigenvalue weighted by atomic mass is 16.1. The molecule has 3 N–H and O–H groups in total. The minimum Gasteiger partial charge on any atom is -0.350 e. The van der Waals surface area contributed by atoms with Gasteiger partial charge in [-0.15, -0.1) is 0 Å². The number of hydrogen-bond donors (Lipinski definition) is 2. The fourth-order valence-corrected chi connectivity index (χ4v) is 1.75. The zero-order valence-electron chi connectivity index (χ0n) is 10.5. The van der Waals surface area contributed by atoms with Gasteiger partial charge >= 0.3 is 0 Å². The quantitative estimate of drug-likeness (QED) is 0.789. The van der Waals surface area contributed by atoms with E-state index in [4.69, 9.17) is 5.73 Å². The van der Waals surface area contributed by atoms with E-state index in [0.717, 1.165) is 18.4 Å².